The summed E-state index contributed by atoms with van der Waals surface area (Å²) in [6.07, 6.45) is 0. The standard InChI is InChI=1S/C16H17NO4/c1-19-13-6-4-10(8-12(13)17)16(18)11-5-7-14(20-2)15(9-11)21-3/h4-9H,17H2,1-3H3. The summed E-state index contributed by atoms with van der Waals surface area (Å²) in [6, 6.07) is 9.96. The van der Waals surface area contributed by atoms with Crippen LogP contribution in [0.5, 0.6) is 17.2 Å². The van der Waals surface area contributed by atoms with Crippen LogP contribution in [0, 0.1) is 0 Å². The van der Waals surface area contributed by atoms with Crippen LogP contribution in [0.1, 0.15) is 15.9 Å². The van der Waals surface area contributed by atoms with Crippen molar-refractivity contribution >= 4 is 11.5 Å². The maximum atomic E-state index is 12.5. The monoisotopic (exact) mass is 287 g/mol. The molecule has 21 heavy (non-hydrogen) atoms. The molecule has 0 aliphatic carbocycles. The van der Waals surface area contributed by atoms with Crippen molar-refractivity contribution in [3.05, 3.63) is 47.5 Å². The highest BCUT2D eigenvalue weighted by Crippen LogP contribution is 2.29. The van der Waals surface area contributed by atoms with Gasteiger partial charge in [0.15, 0.2) is 17.3 Å². The minimum Gasteiger partial charge on any atom is -0.495 e. The van der Waals surface area contributed by atoms with E-state index < -0.39 is 0 Å². The lowest BCUT2D eigenvalue weighted by Gasteiger charge is -2.10. The summed E-state index contributed by atoms with van der Waals surface area (Å²) in [7, 11) is 4.60. The normalized spacial score (nSPS) is 10.0. The van der Waals surface area contributed by atoms with Crippen molar-refractivity contribution in [1.82, 2.24) is 0 Å². The van der Waals surface area contributed by atoms with Gasteiger partial charge in [-0.3, -0.25) is 4.79 Å². The predicted molar refractivity (Wildman–Crippen MR) is 80.4 cm³/mol. The first-order valence-electron chi connectivity index (χ1n) is 6.31. The van der Waals surface area contributed by atoms with Gasteiger partial charge >= 0.3 is 0 Å². The number of rotatable bonds is 5. The number of benzene rings is 2. The Bertz CT molecular complexity index is 667. The van der Waals surface area contributed by atoms with Gasteiger partial charge in [-0.2, -0.15) is 0 Å². The molecule has 0 heterocycles. The Morgan fingerprint density at radius 3 is 1.86 bits per heavy atom. The Labute approximate surface area is 123 Å². The third kappa shape index (κ3) is 2.91. The zero-order valence-corrected chi connectivity index (χ0v) is 12.2. The number of nitrogen functional groups attached to an aromatic ring is 1. The Morgan fingerprint density at radius 2 is 1.33 bits per heavy atom. The second-order valence-electron chi connectivity index (χ2n) is 4.36. The summed E-state index contributed by atoms with van der Waals surface area (Å²) in [5.41, 5.74) is 7.23. The van der Waals surface area contributed by atoms with Gasteiger partial charge in [0, 0.05) is 11.1 Å². The molecule has 0 aliphatic rings. The smallest absolute Gasteiger partial charge is 0.193 e. The molecule has 0 saturated carbocycles. The molecule has 0 aromatic heterocycles. The molecule has 2 aromatic carbocycles. The summed E-state index contributed by atoms with van der Waals surface area (Å²) >= 11 is 0. The van der Waals surface area contributed by atoms with Gasteiger partial charge < -0.3 is 19.9 Å². The molecule has 0 spiro atoms. The SMILES string of the molecule is COc1ccc(C(=O)c2ccc(OC)c(OC)c2)cc1N. The van der Waals surface area contributed by atoms with Crippen molar-refractivity contribution < 1.29 is 19.0 Å². The van der Waals surface area contributed by atoms with Crippen LogP contribution in [-0.4, -0.2) is 27.1 Å². The van der Waals surface area contributed by atoms with E-state index in [4.69, 9.17) is 19.9 Å². The molecule has 2 aromatic rings. The maximum absolute atomic E-state index is 12.5. The molecule has 0 amide bonds. The molecule has 5 heteroatoms. The van der Waals surface area contributed by atoms with Crippen LogP contribution < -0.4 is 19.9 Å². The maximum Gasteiger partial charge on any atom is 0.193 e. The summed E-state index contributed by atoms with van der Waals surface area (Å²) in [4.78, 5) is 12.5. The summed E-state index contributed by atoms with van der Waals surface area (Å²) in [6.45, 7) is 0. The van der Waals surface area contributed by atoms with Gasteiger partial charge in [-0.05, 0) is 36.4 Å². The lowest BCUT2D eigenvalue weighted by Crippen LogP contribution is -2.04. The topological polar surface area (TPSA) is 70.8 Å². The van der Waals surface area contributed by atoms with E-state index in [2.05, 4.69) is 0 Å². The highest BCUT2D eigenvalue weighted by Gasteiger charge is 2.14. The minimum atomic E-state index is -0.148. The van der Waals surface area contributed by atoms with Gasteiger partial charge in [0.1, 0.15) is 5.75 Å². The Balaban J connectivity index is 2.38. The summed E-state index contributed by atoms with van der Waals surface area (Å²) in [5, 5.41) is 0. The number of carbonyl (C=O) groups excluding carboxylic acids is 1. The van der Waals surface area contributed by atoms with Gasteiger partial charge in [-0.1, -0.05) is 0 Å². The van der Waals surface area contributed by atoms with Crippen LogP contribution in [0.4, 0.5) is 5.69 Å². The van der Waals surface area contributed by atoms with Gasteiger partial charge in [0.2, 0.25) is 0 Å². The molecule has 0 saturated heterocycles. The van der Waals surface area contributed by atoms with E-state index in [1.54, 1.807) is 43.5 Å². The third-order valence-electron chi connectivity index (χ3n) is 3.14. The zero-order chi connectivity index (χ0) is 15.4. The molecular weight excluding hydrogens is 270 g/mol. The molecule has 2 N–H and O–H groups in total. The second kappa shape index (κ2) is 6.17. The Hall–Kier alpha value is -2.69. The van der Waals surface area contributed by atoms with E-state index in [-0.39, 0.29) is 5.78 Å². The number of anilines is 1. The fourth-order valence-electron chi connectivity index (χ4n) is 2.02. The van der Waals surface area contributed by atoms with Crippen molar-refractivity contribution in [2.24, 2.45) is 0 Å². The first kappa shape index (κ1) is 14.7. The summed E-state index contributed by atoms with van der Waals surface area (Å²) in [5.74, 6) is 1.47. The number of ether oxygens (including phenoxy) is 3. The lowest BCUT2D eigenvalue weighted by atomic mass is 10.0. The quantitative estimate of drug-likeness (QED) is 0.676. The van der Waals surface area contributed by atoms with Crippen molar-refractivity contribution in [3.8, 4) is 17.2 Å². The van der Waals surface area contributed by atoms with E-state index in [0.29, 0.717) is 34.1 Å². The minimum absolute atomic E-state index is 0.148. The number of nitrogens with two attached hydrogens (primary N) is 1. The van der Waals surface area contributed by atoms with E-state index in [1.165, 1.54) is 14.2 Å². The molecular formula is C16H17NO4. The molecule has 0 radical (unpaired) electrons. The number of ketones is 1. The molecule has 0 fully saturated rings. The fourth-order valence-corrected chi connectivity index (χ4v) is 2.02. The molecule has 5 nitrogen and oxygen atoms in total. The van der Waals surface area contributed by atoms with Crippen LogP contribution in [0.3, 0.4) is 0 Å². The van der Waals surface area contributed by atoms with Crippen LogP contribution in [0.2, 0.25) is 0 Å². The highest BCUT2D eigenvalue weighted by molar-refractivity contribution is 6.09. The molecule has 110 valence electrons. The zero-order valence-electron chi connectivity index (χ0n) is 12.2. The van der Waals surface area contributed by atoms with Crippen molar-refractivity contribution in [1.29, 1.82) is 0 Å². The Kier molecular flexibility index (Phi) is 4.33. The average molecular weight is 287 g/mol. The average Bonchev–Trinajstić information content (AvgIpc) is 2.53. The number of methoxy groups -OCH3 is 3. The summed E-state index contributed by atoms with van der Waals surface area (Å²) < 4.78 is 15.4. The van der Waals surface area contributed by atoms with Crippen molar-refractivity contribution in [3.63, 3.8) is 0 Å². The van der Waals surface area contributed by atoms with Crippen LogP contribution in [0.25, 0.3) is 0 Å². The van der Waals surface area contributed by atoms with Gasteiger partial charge in [0.05, 0.1) is 27.0 Å². The van der Waals surface area contributed by atoms with E-state index >= 15 is 0 Å². The molecule has 2 rings (SSSR count). The number of hydrogen-bond acceptors (Lipinski definition) is 5. The van der Waals surface area contributed by atoms with Gasteiger partial charge in [0.25, 0.3) is 0 Å². The molecule has 0 atom stereocenters. The first-order chi connectivity index (χ1) is 10.1. The number of hydrogen-bond donors (Lipinski definition) is 1. The van der Waals surface area contributed by atoms with Crippen LogP contribution in [-0.2, 0) is 0 Å². The molecule has 0 bridgehead atoms. The third-order valence-corrected chi connectivity index (χ3v) is 3.14. The highest BCUT2D eigenvalue weighted by atomic mass is 16.5. The largest absolute Gasteiger partial charge is 0.495 e. The van der Waals surface area contributed by atoms with Crippen molar-refractivity contribution in [2.75, 3.05) is 27.1 Å². The van der Waals surface area contributed by atoms with E-state index in [0.717, 1.165) is 0 Å². The Morgan fingerprint density at radius 1 is 0.810 bits per heavy atom. The molecule has 0 aliphatic heterocycles. The predicted octanol–water partition coefficient (Wildman–Crippen LogP) is 2.53. The number of carbonyl (C=O) groups is 1. The van der Waals surface area contributed by atoms with E-state index in [9.17, 15) is 4.79 Å². The van der Waals surface area contributed by atoms with Crippen molar-refractivity contribution in [2.45, 2.75) is 0 Å². The molecule has 0 unspecified atom stereocenters. The second-order valence-corrected chi connectivity index (χ2v) is 4.36. The van der Waals surface area contributed by atoms with Gasteiger partial charge in [-0.15, -0.1) is 0 Å². The van der Waals surface area contributed by atoms with Gasteiger partial charge in [-0.25, -0.2) is 0 Å². The van der Waals surface area contributed by atoms with Crippen LogP contribution >= 0.6 is 0 Å². The van der Waals surface area contributed by atoms with Crippen LogP contribution in [0.15, 0.2) is 36.4 Å². The van der Waals surface area contributed by atoms with E-state index in [1.807, 2.05) is 0 Å². The lowest BCUT2D eigenvalue weighted by molar-refractivity contribution is 0.103. The first-order valence-corrected chi connectivity index (χ1v) is 6.31. The fraction of sp³-hybridized carbons (Fsp3) is 0.188.